The first-order valence-corrected chi connectivity index (χ1v) is 6.99. The van der Waals surface area contributed by atoms with Gasteiger partial charge in [0.25, 0.3) is 5.91 Å². The van der Waals surface area contributed by atoms with E-state index in [1.807, 2.05) is 0 Å². The number of carbonyl (C=O) groups excluding carboxylic acids is 1. The number of methoxy groups -OCH3 is 1. The third-order valence-electron chi connectivity index (χ3n) is 4.00. The van der Waals surface area contributed by atoms with E-state index < -0.39 is 0 Å². The standard InChI is InChI=1S/C14H23N3O3/c1-10-12(11(2)20-17-10)13(18)16-8-14(9-19-3)4-6-15-7-5-14/h15H,4-9H2,1-3H3,(H,16,18). The minimum absolute atomic E-state index is 0.0225. The van der Waals surface area contributed by atoms with Gasteiger partial charge in [-0.05, 0) is 39.8 Å². The molecule has 2 rings (SSSR count). The number of amides is 1. The zero-order chi connectivity index (χ0) is 14.6. The molecule has 0 radical (unpaired) electrons. The summed E-state index contributed by atoms with van der Waals surface area (Å²) in [6.07, 6.45) is 2.01. The van der Waals surface area contributed by atoms with Crippen molar-refractivity contribution in [1.29, 1.82) is 0 Å². The third-order valence-corrected chi connectivity index (χ3v) is 4.00. The fourth-order valence-corrected chi connectivity index (χ4v) is 2.80. The van der Waals surface area contributed by atoms with Crippen molar-refractivity contribution in [2.45, 2.75) is 26.7 Å². The number of ether oxygens (including phenoxy) is 1. The lowest BCUT2D eigenvalue weighted by Crippen LogP contribution is -2.47. The van der Waals surface area contributed by atoms with Crippen molar-refractivity contribution in [2.24, 2.45) is 5.41 Å². The second-order valence-electron chi connectivity index (χ2n) is 5.56. The number of carbonyl (C=O) groups is 1. The lowest BCUT2D eigenvalue weighted by atomic mass is 9.79. The van der Waals surface area contributed by atoms with Crippen LogP contribution in [0.2, 0.25) is 0 Å². The molecular formula is C14H23N3O3. The van der Waals surface area contributed by atoms with Crippen molar-refractivity contribution in [3.8, 4) is 0 Å². The van der Waals surface area contributed by atoms with Gasteiger partial charge in [0.1, 0.15) is 11.3 Å². The average Bonchev–Trinajstić information content (AvgIpc) is 2.77. The summed E-state index contributed by atoms with van der Waals surface area (Å²) in [6.45, 7) is 6.74. The molecule has 2 N–H and O–H groups in total. The molecule has 20 heavy (non-hydrogen) atoms. The number of nitrogens with one attached hydrogen (secondary N) is 2. The number of rotatable bonds is 5. The van der Waals surface area contributed by atoms with Gasteiger partial charge in [0.2, 0.25) is 0 Å². The van der Waals surface area contributed by atoms with Gasteiger partial charge in [-0.25, -0.2) is 0 Å². The predicted octanol–water partition coefficient (Wildman–Crippen LogP) is 1.04. The summed E-state index contributed by atoms with van der Waals surface area (Å²) in [5, 5.41) is 10.2. The van der Waals surface area contributed by atoms with E-state index in [2.05, 4.69) is 15.8 Å². The van der Waals surface area contributed by atoms with Crippen LogP contribution in [0.15, 0.2) is 4.52 Å². The summed E-state index contributed by atoms with van der Waals surface area (Å²) in [5.74, 6) is 0.446. The molecule has 0 bridgehead atoms. The first-order valence-electron chi connectivity index (χ1n) is 6.99. The summed E-state index contributed by atoms with van der Waals surface area (Å²) in [5.41, 5.74) is 1.20. The molecule has 0 atom stereocenters. The number of piperidine rings is 1. The summed E-state index contributed by atoms with van der Waals surface area (Å²) in [7, 11) is 1.71. The maximum absolute atomic E-state index is 12.3. The van der Waals surface area contributed by atoms with E-state index in [1.54, 1.807) is 21.0 Å². The van der Waals surface area contributed by atoms with Gasteiger partial charge in [-0.15, -0.1) is 0 Å². The number of hydrogen-bond donors (Lipinski definition) is 2. The molecule has 1 aliphatic rings. The highest BCUT2D eigenvalue weighted by atomic mass is 16.5. The Kier molecular flexibility index (Phi) is 4.77. The van der Waals surface area contributed by atoms with Crippen LogP contribution in [-0.2, 0) is 4.74 Å². The second-order valence-corrected chi connectivity index (χ2v) is 5.56. The molecule has 0 spiro atoms. The first-order chi connectivity index (χ1) is 9.58. The highest BCUT2D eigenvalue weighted by molar-refractivity contribution is 5.96. The molecule has 0 aromatic carbocycles. The van der Waals surface area contributed by atoms with Gasteiger partial charge in [0.05, 0.1) is 12.3 Å². The summed E-state index contributed by atoms with van der Waals surface area (Å²) >= 11 is 0. The van der Waals surface area contributed by atoms with Crippen molar-refractivity contribution in [3.05, 3.63) is 17.0 Å². The molecule has 112 valence electrons. The Morgan fingerprint density at radius 3 is 2.70 bits per heavy atom. The molecular weight excluding hydrogens is 258 g/mol. The SMILES string of the molecule is COCC1(CNC(=O)c2c(C)noc2C)CCNCC1. The van der Waals surface area contributed by atoms with E-state index in [-0.39, 0.29) is 11.3 Å². The Morgan fingerprint density at radius 1 is 1.45 bits per heavy atom. The smallest absolute Gasteiger partial charge is 0.256 e. The molecule has 1 aromatic rings. The summed E-state index contributed by atoms with van der Waals surface area (Å²) in [6, 6.07) is 0. The van der Waals surface area contributed by atoms with Crippen LogP contribution in [0.5, 0.6) is 0 Å². The molecule has 1 saturated heterocycles. The minimum atomic E-state index is -0.115. The minimum Gasteiger partial charge on any atom is -0.384 e. The van der Waals surface area contributed by atoms with E-state index in [1.165, 1.54) is 0 Å². The van der Waals surface area contributed by atoms with Gasteiger partial charge in [0.15, 0.2) is 0 Å². The lowest BCUT2D eigenvalue weighted by Gasteiger charge is -2.37. The summed E-state index contributed by atoms with van der Waals surface area (Å²) in [4.78, 5) is 12.3. The van der Waals surface area contributed by atoms with Crippen molar-refractivity contribution < 1.29 is 14.1 Å². The van der Waals surface area contributed by atoms with Gasteiger partial charge in [-0.2, -0.15) is 0 Å². The predicted molar refractivity (Wildman–Crippen MR) is 74.7 cm³/mol. The Bertz CT molecular complexity index is 439. The molecule has 1 fully saturated rings. The number of aromatic nitrogens is 1. The quantitative estimate of drug-likeness (QED) is 0.843. The molecule has 6 nitrogen and oxygen atoms in total. The fourth-order valence-electron chi connectivity index (χ4n) is 2.80. The van der Waals surface area contributed by atoms with Gasteiger partial charge in [0, 0.05) is 19.1 Å². The second kappa shape index (κ2) is 6.37. The van der Waals surface area contributed by atoms with Gasteiger partial charge < -0.3 is 19.9 Å². The van der Waals surface area contributed by atoms with Crippen molar-refractivity contribution >= 4 is 5.91 Å². The van der Waals surface area contributed by atoms with Gasteiger partial charge in [-0.1, -0.05) is 5.16 Å². The molecule has 0 saturated carbocycles. The van der Waals surface area contributed by atoms with Gasteiger partial charge in [-0.3, -0.25) is 4.79 Å². The van der Waals surface area contributed by atoms with Crippen LogP contribution in [0.4, 0.5) is 0 Å². The first kappa shape index (κ1) is 15.0. The maximum atomic E-state index is 12.3. The Morgan fingerprint density at radius 2 is 2.15 bits per heavy atom. The number of nitrogens with zero attached hydrogens (tertiary/aromatic N) is 1. The highest BCUT2D eigenvalue weighted by Crippen LogP contribution is 2.28. The van der Waals surface area contributed by atoms with Crippen LogP contribution in [-0.4, -0.2) is 44.4 Å². The Hall–Kier alpha value is -1.40. The fraction of sp³-hybridized carbons (Fsp3) is 0.714. The highest BCUT2D eigenvalue weighted by Gasteiger charge is 2.33. The van der Waals surface area contributed by atoms with Crippen LogP contribution in [0.1, 0.15) is 34.7 Å². The summed E-state index contributed by atoms with van der Waals surface area (Å²) < 4.78 is 10.4. The Labute approximate surface area is 119 Å². The zero-order valence-corrected chi connectivity index (χ0v) is 12.4. The third kappa shape index (κ3) is 3.19. The van der Waals surface area contributed by atoms with E-state index in [4.69, 9.17) is 9.26 Å². The lowest BCUT2D eigenvalue weighted by molar-refractivity contribution is 0.0511. The van der Waals surface area contributed by atoms with E-state index in [0.717, 1.165) is 25.9 Å². The molecule has 0 aliphatic carbocycles. The Balaban J connectivity index is 2.00. The van der Waals surface area contributed by atoms with Crippen molar-refractivity contribution in [3.63, 3.8) is 0 Å². The molecule has 0 unspecified atom stereocenters. The number of hydrogen-bond acceptors (Lipinski definition) is 5. The molecule has 1 amide bonds. The van der Waals surface area contributed by atoms with Crippen LogP contribution in [0.25, 0.3) is 0 Å². The zero-order valence-electron chi connectivity index (χ0n) is 12.4. The van der Waals surface area contributed by atoms with E-state index in [0.29, 0.717) is 30.2 Å². The molecule has 6 heteroatoms. The van der Waals surface area contributed by atoms with Crippen LogP contribution in [0, 0.1) is 19.3 Å². The molecule has 2 heterocycles. The van der Waals surface area contributed by atoms with Crippen molar-refractivity contribution in [2.75, 3.05) is 33.4 Å². The van der Waals surface area contributed by atoms with Crippen LogP contribution >= 0.6 is 0 Å². The molecule has 1 aliphatic heterocycles. The monoisotopic (exact) mass is 281 g/mol. The normalized spacial score (nSPS) is 17.9. The molecule has 1 aromatic heterocycles. The van der Waals surface area contributed by atoms with Crippen LogP contribution < -0.4 is 10.6 Å². The number of aryl methyl sites for hydroxylation is 2. The topological polar surface area (TPSA) is 76.4 Å². The maximum Gasteiger partial charge on any atom is 0.256 e. The average molecular weight is 281 g/mol. The van der Waals surface area contributed by atoms with E-state index in [9.17, 15) is 4.79 Å². The van der Waals surface area contributed by atoms with Crippen LogP contribution in [0.3, 0.4) is 0 Å². The van der Waals surface area contributed by atoms with Crippen molar-refractivity contribution in [1.82, 2.24) is 15.8 Å². The van der Waals surface area contributed by atoms with E-state index >= 15 is 0 Å². The van der Waals surface area contributed by atoms with Gasteiger partial charge >= 0.3 is 0 Å². The largest absolute Gasteiger partial charge is 0.384 e.